The third-order valence-electron chi connectivity index (χ3n) is 3.75. The van der Waals surface area contributed by atoms with Gasteiger partial charge in [0.15, 0.2) is 9.84 Å². The van der Waals surface area contributed by atoms with Crippen molar-refractivity contribution in [1.82, 2.24) is 4.81 Å². The van der Waals surface area contributed by atoms with E-state index in [1.807, 2.05) is 4.81 Å². The first kappa shape index (κ1) is 16.1. The SMILES string of the molecule is C=CS(=O)(=O)c1ccc(N[C@@H]2CCCN(B(C)O)C2)cc1. The highest BCUT2D eigenvalue weighted by atomic mass is 32.2. The highest BCUT2D eigenvalue weighted by Crippen LogP contribution is 2.19. The summed E-state index contributed by atoms with van der Waals surface area (Å²) in [5, 5.41) is 14.0. The summed E-state index contributed by atoms with van der Waals surface area (Å²) in [6.45, 7) is 6.78. The minimum absolute atomic E-state index is 0.248. The quantitative estimate of drug-likeness (QED) is 0.809. The normalized spacial score (nSPS) is 20.0. The summed E-state index contributed by atoms with van der Waals surface area (Å²) in [4.78, 5) is 2.27. The van der Waals surface area contributed by atoms with Gasteiger partial charge in [-0.25, -0.2) is 8.42 Å². The molecule has 0 amide bonds. The number of piperidine rings is 1. The van der Waals surface area contributed by atoms with E-state index >= 15 is 0 Å². The minimum atomic E-state index is -3.37. The van der Waals surface area contributed by atoms with Crippen molar-refractivity contribution >= 4 is 22.6 Å². The molecule has 0 aromatic heterocycles. The maximum atomic E-state index is 11.6. The number of nitrogens with one attached hydrogen (secondary N) is 1. The number of nitrogens with zero attached hydrogens (tertiary/aromatic N) is 1. The van der Waals surface area contributed by atoms with E-state index in [-0.39, 0.29) is 10.9 Å². The Kier molecular flexibility index (Phi) is 5.08. The molecule has 0 aliphatic carbocycles. The zero-order chi connectivity index (χ0) is 15.5. The fourth-order valence-corrected chi connectivity index (χ4v) is 3.24. The zero-order valence-electron chi connectivity index (χ0n) is 12.2. The number of benzene rings is 1. The molecule has 2 N–H and O–H groups in total. The van der Waals surface area contributed by atoms with Crippen molar-refractivity contribution in [3.8, 4) is 0 Å². The van der Waals surface area contributed by atoms with E-state index in [4.69, 9.17) is 0 Å². The second kappa shape index (κ2) is 6.64. The van der Waals surface area contributed by atoms with Crippen LogP contribution in [0.3, 0.4) is 0 Å². The van der Waals surface area contributed by atoms with Crippen molar-refractivity contribution in [2.75, 3.05) is 18.4 Å². The van der Waals surface area contributed by atoms with Gasteiger partial charge in [-0.3, -0.25) is 0 Å². The third-order valence-corrected chi connectivity index (χ3v) is 5.12. The van der Waals surface area contributed by atoms with E-state index < -0.39 is 16.9 Å². The average molecular weight is 308 g/mol. The smallest absolute Gasteiger partial charge is 0.376 e. The van der Waals surface area contributed by atoms with E-state index in [9.17, 15) is 13.4 Å². The summed E-state index contributed by atoms with van der Waals surface area (Å²) < 4.78 is 23.3. The lowest BCUT2D eigenvalue weighted by atomic mass is 9.82. The molecule has 1 aromatic rings. The van der Waals surface area contributed by atoms with Crippen LogP contribution in [0.5, 0.6) is 0 Å². The van der Waals surface area contributed by atoms with Crippen molar-refractivity contribution < 1.29 is 13.4 Å². The van der Waals surface area contributed by atoms with Gasteiger partial charge in [0.05, 0.1) is 4.90 Å². The van der Waals surface area contributed by atoms with Crippen LogP contribution in [0.15, 0.2) is 41.1 Å². The van der Waals surface area contributed by atoms with E-state index in [1.165, 1.54) is 0 Å². The number of hydrogen-bond acceptors (Lipinski definition) is 5. The standard InChI is InChI=1S/C14H21BN2O3S/c1-3-21(19,20)14-8-6-12(7-9-14)16-13-5-4-10-17(11-13)15(2)18/h3,6-9,13,16,18H,1,4-5,10-11H2,2H3/t13-/m1/s1. The summed E-state index contributed by atoms with van der Waals surface area (Å²) in [5.41, 5.74) is 0.885. The Hall–Kier alpha value is -1.31. The van der Waals surface area contributed by atoms with E-state index in [2.05, 4.69) is 11.9 Å². The van der Waals surface area contributed by atoms with E-state index in [0.717, 1.165) is 37.0 Å². The van der Waals surface area contributed by atoms with Crippen LogP contribution >= 0.6 is 0 Å². The van der Waals surface area contributed by atoms with Gasteiger partial charge in [0.2, 0.25) is 0 Å². The van der Waals surface area contributed by atoms with Crippen LogP contribution in [0.25, 0.3) is 0 Å². The molecule has 0 spiro atoms. The molecule has 1 aromatic carbocycles. The second-order valence-corrected chi connectivity index (χ2v) is 7.24. The molecule has 0 bridgehead atoms. The second-order valence-electron chi connectivity index (χ2n) is 5.35. The van der Waals surface area contributed by atoms with Gasteiger partial charge in [0.1, 0.15) is 0 Å². The first-order valence-electron chi connectivity index (χ1n) is 7.08. The largest absolute Gasteiger partial charge is 0.437 e. The fourth-order valence-electron chi connectivity index (χ4n) is 2.54. The highest BCUT2D eigenvalue weighted by Gasteiger charge is 2.24. The summed E-state index contributed by atoms with van der Waals surface area (Å²) >= 11 is 0. The molecule has 114 valence electrons. The van der Waals surface area contributed by atoms with Crippen LogP contribution in [-0.4, -0.2) is 44.4 Å². The molecule has 1 heterocycles. The van der Waals surface area contributed by atoms with E-state index in [0.29, 0.717) is 0 Å². The lowest BCUT2D eigenvalue weighted by molar-refractivity contribution is 0.295. The van der Waals surface area contributed by atoms with Gasteiger partial charge in [-0.2, -0.15) is 0 Å². The molecular formula is C14H21BN2O3S. The Morgan fingerprint density at radius 3 is 2.67 bits per heavy atom. The molecule has 7 heteroatoms. The van der Waals surface area contributed by atoms with Gasteiger partial charge >= 0.3 is 7.05 Å². The predicted molar refractivity (Wildman–Crippen MR) is 85.9 cm³/mol. The minimum Gasteiger partial charge on any atom is -0.437 e. The molecule has 0 radical (unpaired) electrons. The molecule has 0 unspecified atom stereocenters. The van der Waals surface area contributed by atoms with Crippen molar-refractivity contribution in [3.05, 3.63) is 36.3 Å². The molecule has 5 nitrogen and oxygen atoms in total. The average Bonchev–Trinajstić information content (AvgIpc) is 2.48. The van der Waals surface area contributed by atoms with Gasteiger partial charge in [0, 0.05) is 23.7 Å². The molecule has 1 saturated heterocycles. The van der Waals surface area contributed by atoms with Crippen LogP contribution in [-0.2, 0) is 9.84 Å². The van der Waals surface area contributed by atoms with Crippen LogP contribution in [0.2, 0.25) is 6.82 Å². The van der Waals surface area contributed by atoms with Crippen molar-refractivity contribution in [3.63, 3.8) is 0 Å². The Balaban J connectivity index is 2.02. The summed E-state index contributed by atoms with van der Waals surface area (Å²) in [6.07, 6.45) is 2.07. The Bertz CT molecular complexity index is 587. The summed E-state index contributed by atoms with van der Waals surface area (Å²) in [7, 11) is -3.81. The number of hydrogen-bond donors (Lipinski definition) is 2. The van der Waals surface area contributed by atoms with Crippen molar-refractivity contribution in [2.24, 2.45) is 0 Å². The lowest BCUT2D eigenvalue weighted by Crippen LogP contribution is -2.48. The summed E-state index contributed by atoms with van der Waals surface area (Å²) in [6, 6.07) is 6.94. The Morgan fingerprint density at radius 2 is 2.10 bits per heavy atom. The maximum absolute atomic E-state index is 11.6. The highest BCUT2D eigenvalue weighted by molar-refractivity contribution is 7.94. The molecule has 2 rings (SSSR count). The third kappa shape index (κ3) is 4.09. The molecule has 21 heavy (non-hydrogen) atoms. The van der Waals surface area contributed by atoms with Crippen molar-refractivity contribution in [1.29, 1.82) is 0 Å². The predicted octanol–water partition coefficient (Wildman–Crippen LogP) is 1.59. The monoisotopic (exact) mass is 308 g/mol. The van der Waals surface area contributed by atoms with Gasteiger partial charge in [-0.05, 0) is 50.5 Å². The van der Waals surface area contributed by atoms with Crippen LogP contribution in [0.4, 0.5) is 5.69 Å². The molecule has 0 saturated carbocycles. The van der Waals surface area contributed by atoms with Gasteiger partial charge in [-0.15, -0.1) is 0 Å². The number of rotatable bonds is 5. The van der Waals surface area contributed by atoms with Crippen LogP contribution in [0.1, 0.15) is 12.8 Å². The van der Waals surface area contributed by atoms with Crippen molar-refractivity contribution in [2.45, 2.75) is 30.6 Å². The van der Waals surface area contributed by atoms with E-state index in [1.54, 1.807) is 31.1 Å². The van der Waals surface area contributed by atoms with Gasteiger partial charge in [0.25, 0.3) is 0 Å². The molecule has 1 aliphatic rings. The molecule has 1 fully saturated rings. The van der Waals surface area contributed by atoms with Gasteiger partial charge < -0.3 is 15.2 Å². The maximum Gasteiger partial charge on any atom is 0.376 e. The molecule has 1 atom stereocenters. The fraction of sp³-hybridized carbons (Fsp3) is 0.429. The summed E-state index contributed by atoms with van der Waals surface area (Å²) in [5.74, 6) is 0. The molecular weight excluding hydrogens is 287 g/mol. The number of anilines is 1. The Morgan fingerprint density at radius 1 is 1.43 bits per heavy atom. The first-order chi connectivity index (χ1) is 9.92. The first-order valence-corrected chi connectivity index (χ1v) is 8.63. The zero-order valence-corrected chi connectivity index (χ0v) is 13.0. The lowest BCUT2D eigenvalue weighted by Gasteiger charge is -2.34. The molecule has 1 aliphatic heterocycles. The topological polar surface area (TPSA) is 69.6 Å². The van der Waals surface area contributed by atoms with Gasteiger partial charge in [-0.1, -0.05) is 6.58 Å². The Labute approximate surface area is 126 Å². The van der Waals surface area contributed by atoms with Crippen LogP contribution < -0.4 is 5.32 Å². The number of sulfone groups is 1. The van der Waals surface area contributed by atoms with Crippen LogP contribution in [0, 0.1) is 0 Å².